The molecule has 0 bridgehead atoms. The number of rotatable bonds is 8. The molecular weight excluding hydrogens is 466 g/mol. The molecule has 0 radical (unpaired) electrons. The number of ether oxygens (including phenoxy) is 2. The Morgan fingerprint density at radius 2 is 1.57 bits per heavy atom. The molecule has 1 saturated heterocycles. The molecule has 6 nitrogen and oxygen atoms in total. The van der Waals surface area contributed by atoms with Crippen molar-refractivity contribution >= 4 is 29.1 Å². The first-order chi connectivity index (χ1) is 16.9. The van der Waals surface area contributed by atoms with Crippen molar-refractivity contribution in [3.8, 4) is 11.5 Å². The van der Waals surface area contributed by atoms with Crippen molar-refractivity contribution in [1.82, 2.24) is 4.90 Å². The largest absolute Gasteiger partial charge is 0.507 e. The second kappa shape index (κ2) is 10.7. The lowest BCUT2D eigenvalue weighted by Gasteiger charge is -2.26. The molecule has 1 amide bonds. The molecule has 180 valence electrons. The number of aliphatic hydroxyl groups excluding tert-OH is 1. The van der Waals surface area contributed by atoms with Crippen LogP contribution in [0, 0.1) is 0 Å². The van der Waals surface area contributed by atoms with Crippen molar-refractivity contribution in [3.05, 3.63) is 100 Å². The van der Waals surface area contributed by atoms with E-state index < -0.39 is 17.7 Å². The van der Waals surface area contributed by atoms with Gasteiger partial charge in [-0.2, -0.15) is 0 Å². The minimum atomic E-state index is -0.819. The van der Waals surface area contributed by atoms with Gasteiger partial charge in [0.05, 0.1) is 24.8 Å². The highest BCUT2D eigenvalue weighted by atomic mass is 35.5. The number of benzene rings is 3. The highest BCUT2D eigenvalue weighted by Crippen LogP contribution is 2.42. The summed E-state index contributed by atoms with van der Waals surface area (Å²) >= 11 is 6.00. The highest BCUT2D eigenvalue weighted by molar-refractivity contribution is 6.46. The molecule has 1 N–H and O–H groups in total. The fourth-order valence-corrected chi connectivity index (χ4v) is 4.30. The number of hydrogen-bond acceptors (Lipinski definition) is 5. The third kappa shape index (κ3) is 5.03. The summed E-state index contributed by atoms with van der Waals surface area (Å²) in [6, 6.07) is 20.4. The smallest absolute Gasteiger partial charge is 0.295 e. The number of likely N-dealkylation sites (tertiary alicyclic amines) is 1. The average Bonchev–Trinajstić information content (AvgIpc) is 3.11. The Morgan fingerprint density at radius 1 is 0.914 bits per heavy atom. The summed E-state index contributed by atoms with van der Waals surface area (Å²) in [5.74, 6) is -0.613. The molecule has 1 atom stereocenters. The lowest BCUT2D eigenvalue weighted by Crippen LogP contribution is -2.29. The van der Waals surface area contributed by atoms with Crippen LogP contribution in [0.15, 0.2) is 78.4 Å². The van der Waals surface area contributed by atoms with Crippen molar-refractivity contribution in [3.63, 3.8) is 0 Å². The maximum Gasteiger partial charge on any atom is 0.295 e. The summed E-state index contributed by atoms with van der Waals surface area (Å²) < 4.78 is 11.5. The van der Waals surface area contributed by atoms with Gasteiger partial charge in [0, 0.05) is 17.1 Å². The van der Waals surface area contributed by atoms with Gasteiger partial charge in [-0.15, -0.1) is 0 Å². The van der Waals surface area contributed by atoms with E-state index in [-0.39, 0.29) is 17.9 Å². The molecular formula is C28H26ClNO5. The highest BCUT2D eigenvalue weighted by Gasteiger charge is 2.46. The molecule has 35 heavy (non-hydrogen) atoms. The molecule has 1 heterocycles. The van der Waals surface area contributed by atoms with Gasteiger partial charge in [0.25, 0.3) is 11.7 Å². The fourth-order valence-electron chi connectivity index (χ4n) is 4.17. The second-order valence-electron chi connectivity index (χ2n) is 7.99. The van der Waals surface area contributed by atoms with Crippen molar-refractivity contribution in [2.45, 2.75) is 26.4 Å². The summed E-state index contributed by atoms with van der Waals surface area (Å²) in [6.07, 6.45) is 0. The Kier molecular flexibility index (Phi) is 7.42. The van der Waals surface area contributed by atoms with Crippen LogP contribution in [0.25, 0.3) is 5.76 Å². The van der Waals surface area contributed by atoms with E-state index in [2.05, 4.69) is 0 Å². The number of carbonyl (C=O) groups is 2. The van der Waals surface area contributed by atoms with Gasteiger partial charge in [-0.1, -0.05) is 48.0 Å². The van der Waals surface area contributed by atoms with E-state index in [0.717, 1.165) is 5.56 Å². The van der Waals surface area contributed by atoms with Crippen molar-refractivity contribution < 1.29 is 24.2 Å². The molecule has 0 spiro atoms. The number of hydrogen-bond donors (Lipinski definition) is 1. The molecule has 3 aromatic carbocycles. The van der Waals surface area contributed by atoms with Gasteiger partial charge in [-0.05, 0) is 61.4 Å². The first-order valence-electron chi connectivity index (χ1n) is 11.4. The van der Waals surface area contributed by atoms with Gasteiger partial charge in [-0.3, -0.25) is 9.59 Å². The van der Waals surface area contributed by atoms with Crippen molar-refractivity contribution in [2.75, 3.05) is 13.2 Å². The first-order valence-corrected chi connectivity index (χ1v) is 11.8. The lowest BCUT2D eigenvalue weighted by molar-refractivity contribution is -0.140. The standard InChI is InChI=1S/C28H26ClNO5/c1-3-34-22-15-12-20(16-23(22)35-4-2)25-24(26(31)19-10-13-21(29)14-11-19)27(32)28(33)30(25)17-18-8-6-5-7-9-18/h5-16,25,31H,3-4,17H2,1-2H3/b26-24+. The molecule has 3 aromatic rings. The summed E-state index contributed by atoms with van der Waals surface area (Å²) in [7, 11) is 0. The number of ketones is 1. The Hall–Kier alpha value is -3.77. The Bertz CT molecular complexity index is 1250. The molecule has 4 rings (SSSR count). The number of amides is 1. The summed E-state index contributed by atoms with van der Waals surface area (Å²) in [5.41, 5.74) is 1.90. The summed E-state index contributed by atoms with van der Waals surface area (Å²) in [4.78, 5) is 28.0. The molecule has 1 unspecified atom stereocenters. The van der Waals surface area contributed by atoms with Gasteiger partial charge in [0.1, 0.15) is 5.76 Å². The van der Waals surface area contributed by atoms with Crippen LogP contribution in [0.1, 0.15) is 36.6 Å². The van der Waals surface area contributed by atoms with Gasteiger partial charge in [0.15, 0.2) is 11.5 Å². The van der Waals surface area contributed by atoms with Crippen LogP contribution in [0.3, 0.4) is 0 Å². The molecule has 0 aliphatic carbocycles. The zero-order valence-electron chi connectivity index (χ0n) is 19.5. The van der Waals surface area contributed by atoms with Crippen LogP contribution < -0.4 is 9.47 Å². The van der Waals surface area contributed by atoms with Gasteiger partial charge in [-0.25, -0.2) is 0 Å². The molecule has 1 fully saturated rings. The zero-order chi connectivity index (χ0) is 24.9. The second-order valence-corrected chi connectivity index (χ2v) is 8.43. The van der Waals surface area contributed by atoms with Crippen LogP contribution in [0.5, 0.6) is 11.5 Å². The molecule has 7 heteroatoms. The molecule has 1 aliphatic heterocycles. The quantitative estimate of drug-likeness (QED) is 0.246. The van der Waals surface area contributed by atoms with Gasteiger partial charge >= 0.3 is 0 Å². The summed E-state index contributed by atoms with van der Waals surface area (Å²) in [6.45, 7) is 4.82. The molecule has 0 saturated carbocycles. The monoisotopic (exact) mass is 491 g/mol. The first kappa shape index (κ1) is 24.4. The third-order valence-corrected chi connectivity index (χ3v) is 5.99. The van der Waals surface area contributed by atoms with E-state index >= 15 is 0 Å². The predicted octanol–water partition coefficient (Wildman–Crippen LogP) is 5.76. The lowest BCUT2D eigenvalue weighted by atomic mass is 9.94. The number of Topliss-reactive ketones (excluding diaryl/α,β-unsaturated/α-hetero) is 1. The molecule has 1 aliphatic rings. The van der Waals surface area contributed by atoms with Crippen LogP contribution in [0.4, 0.5) is 0 Å². The average molecular weight is 492 g/mol. The van der Waals surface area contributed by atoms with Crippen molar-refractivity contribution in [1.29, 1.82) is 0 Å². The Balaban J connectivity index is 1.88. The van der Waals surface area contributed by atoms with Crippen LogP contribution in [-0.2, 0) is 16.1 Å². The third-order valence-electron chi connectivity index (χ3n) is 5.74. The minimum absolute atomic E-state index is 0.0138. The van der Waals surface area contributed by atoms with Crippen molar-refractivity contribution in [2.24, 2.45) is 0 Å². The minimum Gasteiger partial charge on any atom is -0.507 e. The molecule has 0 aromatic heterocycles. The van der Waals surface area contributed by atoms with E-state index in [1.165, 1.54) is 4.90 Å². The van der Waals surface area contributed by atoms with E-state index in [9.17, 15) is 14.7 Å². The van der Waals surface area contributed by atoms with Gasteiger partial charge < -0.3 is 19.5 Å². The maximum atomic E-state index is 13.3. The number of carbonyl (C=O) groups excluding carboxylic acids is 2. The van der Waals surface area contributed by atoms with E-state index in [1.807, 2.05) is 44.2 Å². The number of aliphatic hydroxyl groups is 1. The topological polar surface area (TPSA) is 76.1 Å². The maximum absolute atomic E-state index is 13.3. The SMILES string of the molecule is CCOc1ccc(C2/C(=C(\O)c3ccc(Cl)cc3)C(=O)C(=O)N2Cc2ccccc2)cc1OCC. The number of halogens is 1. The Labute approximate surface area is 209 Å². The van der Waals surface area contributed by atoms with E-state index in [1.54, 1.807) is 42.5 Å². The van der Waals surface area contributed by atoms with E-state index in [0.29, 0.717) is 40.9 Å². The summed E-state index contributed by atoms with van der Waals surface area (Å²) in [5, 5.41) is 11.7. The van der Waals surface area contributed by atoms with Crippen LogP contribution in [0.2, 0.25) is 5.02 Å². The Morgan fingerprint density at radius 3 is 2.23 bits per heavy atom. The van der Waals surface area contributed by atoms with Crippen LogP contribution >= 0.6 is 11.6 Å². The van der Waals surface area contributed by atoms with Crippen LogP contribution in [-0.4, -0.2) is 34.9 Å². The predicted molar refractivity (Wildman–Crippen MR) is 135 cm³/mol. The normalized spacial score (nSPS) is 17.0. The van der Waals surface area contributed by atoms with Gasteiger partial charge in [0.2, 0.25) is 0 Å². The zero-order valence-corrected chi connectivity index (χ0v) is 20.3. The fraction of sp³-hybridized carbons (Fsp3) is 0.214. The van der Waals surface area contributed by atoms with E-state index in [4.69, 9.17) is 21.1 Å². The number of nitrogens with zero attached hydrogens (tertiary/aromatic N) is 1.